The van der Waals surface area contributed by atoms with E-state index in [4.69, 9.17) is 0 Å². The van der Waals surface area contributed by atoms with Crippen LogP contribution in [0.25, 0.3) is 0 Å². The summed E-state index contributed by atoms with van der Waals surface area (Å²) in [4.78, 5) is 27.8. The molecule has 4 nitrogen and oxygen atoms in total. The Morgan fingerprint density at radius 2 is 1.81 bits per heavy atom. The zero-order valence-electron chi connectivity index (χ0n) is 18.1. The highest BCUT2D eigenvalue weighted by atomic mass is 19.1. The van der Waals surface area contributed by atoms with Crippen LogP contribution < -0.4 is 5.32 Å². The van der Waals surface area contributed by atoms with Crippen LogP contribution in [0.3, 0.4) is 0 Å². The van der Waals surface area contributed by atoms with Crippen molar-refractivity contribution in [3.63, 3.8) is 0 Å². The largest absolute Gasteiger partial charge is 0.354 e. The molecule has 5 heteroatoms. The van der Waals surface area contributed by atoms with Gasteiger partial charge in [0.1, 0.15) is 11.9 Å². The fourth-order valence-electron chi connectivity index (χ4n) is 4.00. The number of carbonyl (C=O) groups excluding carboxylic acids is 2. The summed E-state index contributed by atoms with van der Waals surface area (Å²) in [5.41, 5.74) is 2.95. The highest BCUT2D eigenvalue weighted by Crippen LogP contribution is 2.25. The molecule has 0 saturated carbocycles. The minimum atomic E-state index is -0.737. The minimum absolute atomic E-state index is 0.122. The van der Waals surface area contributed by atoms with Crippen LogP contribution in [-0.4, -0.2) is 23.3 Å². The van der Waals surface area contributed by atoms with E-state index in [9.17, 15) is 14.0 Å². The van der Waals surface area contributed by atoms with E-state index in [0.29, 0.717) is 6.54 Å². The summed E-state index contributed by atoms with van der Waals surface area (Å²) in [6.07, 6.45) is 8.07. The molecule has 2 amide bonds. The van der Waals surface area contributed by atoms with Crippen molar-refractivity contribution in [2.75, 3.05) is 6.54 Å². The summed E-state index contributed by atoms with van der Waals surface area (Å²) in [5.74, 6) is -0.638. The third kappa shape index (κ3) is 6.51. The van der Waals surface area contributed by atoms with E-state index in [0.717, 1.165) is 30.4 Å². The van der Waals surface area contributed by atoms with Gasteiger partial charge in [0, 0.05) is 19.5 Å². The van der Waals surface area contributed by atoms with Gasteiger partial charge in [0.2, 0.25) is 11.8 Å². The molecule has 1 aliphatic carbocycles. The first-order valence-corrected chi connectivity index (χ1v) is 11.1. The lowest BCUT2D eigenvalue weighted by atomic mass is 9.97. The quantitative estimate of drug-likeness (QED) is 0.557. The first-order chi connectivity index (χ1) is 15.1. The Morgan fingerprint density at radius 1 is 1.06 bits per heavy atom. The van der Waals surface area contributed by atoms with E-state index in [2.05, 4.69) is 11.4 Å². The van der Waals surface area contributed by atoms with Crippen LogP contribution in [0, 0.1) is 5.82 Å². The average molecular weight is 423 g/mol. The molecular weight excluding hydrogens is 391 g/mol. The van der Waals surface area contributed by atoms with Gasteiger partial charge in [-0.2, -0.15) is 0 Å². The number of nitrogens with zero attached hydrogens (tertiary/aromatic N) is 1. The number of hydrogen-bond acceptors (Lipinski definition) is 2. The van der Waals surface area contributed by atoms with Crippen LogP contribution in [0.4, 0.5) is 4.39 Å². The van der Waals surface area contributed by atoms with E-state index < -0.39 is 6.04 Å². The first-order valence-electron chi connectivity index (χ1n) is 11.1. The molecule has 3 rings (SSSR count). The molecule has 164 valence electrons. The molecule has 0 aromatic heterocycles. The summed E-state index contributed by atoms with van der Waals surface area (Å²) in [5, 5.41) is 3.05. The zero-order valence-corrected chi connectivity index (χ0v) is 18.1. The first kappa shape index (κ1) is 22.7. The van der Waals surface area contributed by atoms with Gasteiger partial charge in [0.15, 0.2) is 0 Å². The van der Waals surface area contributed by atoms with Crippen molar-refractivity contribution in [2.45, 2.75) is 58.0 Å². The highest BCUT2D eigenvalue weighted by Gasteiger charge is 2.30. The fraction of sp³-hybridized carbons (Fsp3) is 0.385. The summed E-state index contributed by atoms with van der Waals surface area (Å²) in [6.45, 7) is 2.58. The number of allylic oxidation sites excluding steroid dienone is 1. The van der Waals surface area contributed by atoms with Gasteiger partial charge >= 0.3 is 0 Å². The van der Waals surface area contributed by atoms with Gasteiger partial charge in [0.25, 0.3) is 0 Å². The van der Waals surface area contributed by atoms with Gasteiger partial charge < -0.3 is 10.2 Å². The molecule has 1 aliphatic rings. The lowest BCUT2D eigenvalue weighted by Gasteiger charge is -2.31. The second-order valence-electron chi connectivity index (χ2n) is 7.96. The number of rotatable bonds is 9. The molecule has 0 fully saturated rings. The molecule has 0 heterocycles. The molecular formula is C26H31FN2O2. The van der Waals surface area contributed by atoms with Gasteiger partial charge in [-0.05, 0) is 55.4 Å². The number of carbonyl (C=O) groups is 2. The second kappa shape index (κ2) is 11.4. The predicted octanol–water partition coefficient (Wildman–Crippen LogP) is 5.31. The van der Waals surface area contributed by atoms with Crippen LogP contribution in [0.1, 0.15) is 62.6 Å². The maximum Gasteiger partial charge on any atom is 0.247 e. The molecule has 0 bridgehead atoms. The summed E-state index contributed by atoms with van der Waals surface area (Å²) < 4.78 is 13.3. The van der Waals surface area contributed by atoms with Gasteiger partial charge in [0.05, 0.1) is 0 Å². The van der Waals surface area contributed by atoms with Crippen LogP contribution in [0.2, 0.25) is 0 Å². The third-order valence-corrected chi connectivity index (χ3v) is 5.69. The summed E-state index contributed by atoms with van der Waals surface area (Å²) >= 11 is 0. The minimum Gasteiger partial charge on any atom is -0.354 e. The van der Waals surface area contributed by atoms with Gasteiger partial charge in [-0.15, -0.1) is 0 Å². The molecule has 0 radical (unpaired) electrons. The molecule has 0 unspecified atom stereocenters. The van der Waals surface area contributed by atoms with Gasteiger partial charge in [-0.3, -0.25) is 9.59 Å². The van der Waals surface area contributed by atoms with Crippen LogP contribution in [-0.2, 0) is 16.1 Å². The molecule has 1 atom stereocenters. The van der Waals surface area contributed by atoms with Crippen LogP contribution >= 0.6 is 0 Å². The molecule has 2 aromatic rings. The van der Waals surface area contributed by atoms with Crippen LogP contribution in [0.5, 0.6) is 0 Å². The van der Waals surface area contributed by atoms with Crippen molar-refractivity contribution in [2.24, 2.45) is 0 Å². The number of benzene rings is 2. The topological polar surface area (TPSA) is 49.4 Å². The molecule has 2 aromatic carbocycles. The predicted molar refractivity (Wildman–Crippen MR) is 121 cm³/mol. The number of halogens is 1. The number of nitrogens with one attached hydrogen (secondary N) is 1. The Balaban J connectivity index is 1.80. The maximum absolute atomic E-state index is 13.3. The maximum atomic E-state index is 13.3. The van der Waals surface area contributed by atoms with Crippen molar-refractivity contribution < 1.29 is 14.0 Å². The lowest BCUT2D eigenvalue weighted by molar-refractivity contribution is -0.141. The van der Waals surface area contributed by atoms with E-state index in [1.54, 1.807) is 24.0 Å². The Morgan fingerprint density at radius 3 is 2.45 bits per heavy atom. The molecule has 0 spiro atoms. The summed E-state index contributed by atoms with van der Waals surface area (Å²) in [6, 6.07) is 14.7. The monoisotopic (exact) mass is 422 g/mol. The van der Waals surface area contributed by atoms with E-state index >= 15 is 0 Å². The normalized spacial score (nSPS) is 14.5. The van der Waals surface area contributed by atoms with Crippen LogP contribution in [0.15, 0.2) is 66.2 Å². The number of amides is 2. The van der Waals surface area contributed by atoms with Crippen molar-refractivity contribution in [1.29, 1.82) is 0 Å². The Hall–Kier alpha value is -2.95. The van der Waals surface area contributed by atoms with Crippen molar-refractivity contribution >= 4 is 11.8 Å². The Kier molecular flexibility index (Phi) is 8.39. The van der Waals surface area contributed by atoms with Gasteiger partial charge in [-0.25, -0.2) is 4.39 Å². The third-order valence-electron chi connectivity index (χ3n) is 5.69. The molecule has 0 saturated heterocycles. The fourth-order valence-corrected chi connectivity index (χ4v) is 4.00. The van der Waals surface area contributed by atoms with Crippen molar-refractivity contribution in [1.82, 2.24) is 10.2 Å². The van der Waals surface area contributed by atoms with E-state index in [1.165, 1.54) is 30.5 Å². The number of hydrogen-bond donors (Lipinski definition) is 1. The molecule has 0 aliphatic heterocycles. The highest BCUT2D eigenvalue weighted by molar-refractivity contribution is 5.88. The summed E-state index contributed by atoms with van der Waals surface area (Å²) in [7, 11) is 0. The van der Waals surface area contributed by atoms with E-state index in [-0.39, 0.29) is 30.6 Å². The standard InChI is InChI=1S/C26H31FN2O2/c1-2-24(30)29(19-21-13-15-23(27)16-14-21)25(22-11-7-4-8-12-22)26(31)28-18-17-20-9-5-3-6-10-20/h4,7-9,11-16,25H,2-3,5-6,10,17-19H2,1H3,(H,28,31)/t25-/m0/s1. The Labute approximate surface area is 184 Å². The van der Waals surface area contributed by atoms with Gasteiger partial charge in [-0.1, -0.05) is 61.0 Å². The second-order valence-corrected chi connectivity index (χ2v) is 7.96. The molecule has 1 N–H and O–H groups in total. The SMILES string of the molecule is CCC(=O)N(Cc1ccc(F)cc1)[C@H](C(=O)NCCC1=CCCCC1)c1ccccc1. The Bertz CT molecular complexity index is 893. The van der Waals surface area contributed by atoms with Crippen molar-refractivity contribution in [3.8, 4) is 0 Å². The van der Waals surface area contributed by atoms with Crippen molar-refractivity contribution in [3.05, 3.63) is 83.2 Å². The zero-order chi connectivity index (χ0) is 22.1. The molecule has 31 heavy (non-hydrogen) atoms. The lowest BCUT2D eigenvalue weighted by Crippen LogP contribution is -2.43. The smallest absolute Gasteiger partial charge is 0.247 e. The van der Waals surface area contributed by atoms with E-state index in [1.807, 2.05) is 30.3 Å². The average Bonchev–Trinajstić information content (AvgIpc) is 2.81.